The van der Waals surface area contributed by atoms with Crippen LogP contribution in [0.2, 0.25) is 0 Å². The van der Waals surface area contributed by atoms with Crippen LogP contribution in [-0.4, -0.2) is 38.2 Å². The van der Waals surface area contributed by atoms with E-state index in [0.29, 0.717) is 17.0 Å². The highest BCUT2D eigenvalue weighted by atomic mass is 16.5. The number of hydrogen-bond donors (Lipinski definition) is 1. The van der Waals surface area contributed by atoms with Crippen molar-refractivity contribution in [2.24, 2.45) is 0 Å². The summed E-state index contributed by atoms with van der Waals surface area (Å²) in [5.41, 5.74) is 1.53. The second-order valence-electron chi connectivity index (χ2n) is 5.57. The Kier molecular flexibility index (Phi) is 7.96. The van der Waals surface area contributed by atoms with Gasteiger partial charge < -0.3 is 19.5 Å². The quantitative estimate of drug-likeness (QED) is 0.540. The molecule has 1 amide bonds. The van der Waals surface area contributed by atoms with Crippen LogP contribution in [0.4, 0.5) is 5.69 Å². The summed E-state index contributed by atoms with van der Waals surface area (Å²) in [6, 6.07) is 14.7. The molecule has 2 rings (SSSR count). The molecule has 29 heavy (non-hydrogen) atoms. The summed E-state index contributed by atoms with van der Waals surface area (Å²) < 4.78 is 14.6. The SMILES string of the molecule is COC(=O)c1ccc(NC(=O)COC(=O)/C=C/c2ccc(OCC#N)cc2)cc1. The second-order valence-corrected chi connectivity index (χ2v) is 5.57. The number of carbonyl (C=O) groups excluding carboxylic acids is 3. The maximum Gasteiger partial charge on any atom is 0.337 e. The van der Waals surface area contributed by atoms with Gasteiger partial charge in [-0.25, -0.2) is 9.59 Å². The molecular formula is C21H18N2O6. The van der Waals surface area contributed by atoms with Gasteiger partial charge in [0.2, 0.25) is 0 Å². The van der Waals surface area contributed by atoms with Gasteiger partial charge in [-0.2, -0.15) is 5.26 Å². The molecule has 2 aromatic carbocycles. The molecule has 0 aromatic heterocycles. The van der Waals surface area contributed by atoms with Crippen molar-refractivity contribution in [3.63, 3.8) is 0 Å². The number of carbonyl (C=O) groups is 3. The molecule has 0 atom stereocenters. The fourth-order valence-electron chi connectivity index (χ4n) is 2.14. The van der Waals surface area contributed by atoms with Crippen molar-refractivity contribution in [3.8, 4) is 11.8 Å². The standard InChI is InChI=1S/C21H18N2O6/c1-27-21(26)16-5-7-17(8-6-16)23-19(24)14-29-20(25)11-4-15-2-9-18(10-3-15)28-13-12-22/h2-11H,13-14H2,1H3,(H,23,24)/b11-4+. The maximum atomic E-state index is 11.8. The molecule has 0 aliphatic rings. The van der Waals surface area contributed by atoms with Crippen LogP contribution in [0.25, 0.3) is 6.08 Å². The van der Waals surface area contributed by atoms with Gasteiger partial charge in [0.1, 0.15) is 11.8 Å². The van der Waals surface area contributed by atoms with Crippen molar-refractivity contribution in [2.45, 2.75) is 0 Å². The first-order valence-corrected chi connectivity index (χ1v) is 8.44. The summed E-state index contributed by atoms with van der Waals surface area (Å²) in [7, 11) is 1.28. The monoisotopic (exact) mass is 394 g/mol. The maximum absolute atomic E-state index is 11.8. The molecule has 0 radical (unpaired) electrons. The zero-order chi connectivity index (χ0) is 21.1. The number of amides is 1. The largest absolute Gasteiger partial charge is 0.479 e. The van der Waals surface area contributed by atoms with Crippen LogP contribution >= 0.6 is 0 Å². The highest BCUT2D eigenvalue weighted by Gasteiger charge is 2.08. The number of nitrogens with one attached hydrogen (secondary N) is 1. The number of nitrogens with zero attached hydrogens (tertiary/aromatic N) is 1. The van der Waals surface area contributed by atoms with Crippen molar-refractivity contribution in [1.29, 1.82) is 5.26 Å². The van der Waals surface area contributed by atoms with Gasteiger partial charge in [-0.1, -0.05) is 12.1 Å². The van der Waals surface area contributed by atoms with Crippen LogP contribution in [0.1, 0.15) is 15.9 Å². The van der Waals surface area contributed by atoms with Crippen LogP contribution in [-0.2, 0) is 19.1 Å². The first kappa shape index (κ1) is 21.2. The molecule has 0 heterocycles. The molecule has 0 saturated carbocycles. The number of methoxy groups -OCH3 is 1. The number of anilines is 1. The fraction of sp³-hybridized carbons (Fsp3) is 0.143. The van der Waals surface area contributed by atoms with Crippen LogP contribution in [0.3, 0.4) is 0 Å². The van der Waals surface area contributed by atoms with Gasteiger partial charge in [0.25, 0.3) is 5.91 Å². The van der Waals surface area contributed by atoms with Crippen molar-refractivity contribution >= 4 is 29.6 Å². The highest BCUT2D eigenvalue weighted by Crippen LogP contribution is 2.13. The van der Waals surface area contributed by atoms with E-state index in [1.807, 2.05) is 6.07 Å². The van der Waals surface area contributed by atoms with Gasteiger partial charge in [0.15, 0.2) is 13.2 Å². The third kappa shape index (κ3) is 7.19. The minimum atomic E-state index is -0.675. The lowest BCUT2D eigenvalue weighted by Gasteiger charge is -2.06. The molecule has 0 aliphatic carbocycles. The minimum absolute atomic E-state index is 0.0427. The van der Waals surface area contributed by atoms with Crippen LogP contribution in [0.5, 0.6) is 5.75 Å². The lowest BCUT2D eigenvalue weighted by atomic mass is 10.2. The summed E-state index contributed by atoms with van der Waals surface area (Å²) in [6.07, 6.45) is 2.73. The van der Waals surface area contributed by atoms with E-state index in [0.717, 1.165) is 5.56 Å². The zero-order valence-corrected chi connectivity index (χ0v) is 15.6. The smallest absolute Gasteiger partial charge is 0.337 e. The van der Waals surface area contributed by atoms with Crippen molar-refractivity contribution in [1.82, 2.24) is 0 Å². The van der Waals surface area contributed by atoms with E-state index >= 15 is 0 Å². The Balaban J connectivity index is 1.78. The molecule has 8 heteroatoms. The van der Waals surface area contributed by atoms with E-state index in [2.05, 4.69) is 10.1 Å². The summed E-state index contributed by atoms with van der Waals surface area (Å²) in [5.74, 6) is -1.13. The Bertz CT molecular complexity index is 927. The molecule has 0 aliphatic heterocycles. The van der Waals surface area contributed by atoms with Crippen molar-refractivity contribution < 1.29 is 28.6 Å². The van der Waals surface area contributed by atoms with Crippen LogP contribution in [0.15, 0.2) is 54.6 Å². The molecular weight excluding hydrogens is 376 g/mol. The van der Waals surface area contributed by atoms with Gasteiger partial charge in [0, 0.05) is 11.8 Å². The third-order valence-corrected chi connectivity index (χ3v) is 3.53. The lowest BCUT2D eigenvalue weighted by molar-refractivity contribution is -0.142. The minimum Gasteiger partial charge on any atom is -0.479 e. The van der Waals surface area contributed by atoms with Crippen molar-refractivity contribution in [2.75, 3.05) is 25.6 Å². The molecule has 0 bridgehead atoms. The summed E-state index contributed by atoms with van der Waals surface area (Å²) in [6.45, 7) is -0.498. The molecule has 0 spiro atoms. The van der Waals surface area contributed by atoms with Gasteiger partial charge in [-0.15, -0.1) is 0 Å². The number of hydrogen-bond acceptors (Lipinski definition) is 7. The molecule has 2 aromatic rings. The van der Waals surface area contributed by atoms with Crippen LogP contribution < -0.4 is 10.1 Å². The second kappa shape index (κ2) is 10.9. The predicted octanol–water partition coefficient (Wildman–Crippen LogP) is 2.57. The Morgan fingerprint density at radius 2 is 1.76 bits per heavy atom. The molecule has 0 unspecified atom stereocenters. The lowest BCUT2D eigenvalue weighted by Crippen LogP contribution is -2.20. The number of rotatable bonds is 8. The summed E-state index contributed by atoms with van der Waals surface area (Å²) in [5, 5.41) is 11.0. The topological polar surface area (TPSA) is 115 Å². The average Bonchev–Trinajstić information content (AvgIpc) is 2.75. The Hall–Kier alpha value is -4.12. The molecule has 1 N–H and O–H groups in total. The normalized spacial score (nSPS) is 10.1. The Morgan fingerprint density at radius 3 is 2.38 bits per heavy atom. The zero-order valence-electron chi connectivity index (χ0n) is 15.6. The number of benzene rings is 2. The van der Waals surface area contributed by atoms with Crippen molar-refractivity contribution in [3.05, 3.63) is 65.7 Å². The molecule has 148 valence electrons. The Labute approximate surface area is 167 Å². The van der Waals surface area contributed by atoms with Gasteiger partial charge >= 0.3 is 11.9 Å². The van der Waals surface area contributed by atoms with Crippen LogP contribution in [0, 0.1) is 11.3 Å². The first-order valence-electron chi connectivity index (χ1n) is 8.44. The van der Waals surface area contributed by atoms with E-state index < -0.39 is 24.5 Å². The van der Waals surface area contributed by atoms with Gasteiger partial charge in [-0.3, -0.25) is 4.79 Å². The van der Waals surface area contributed by atoms with Gasteiger partial charge in [-0.05, 0) is 48.0 Å². The van der Waals surface area contributed by atoms with E-state index in [1.165, 1.54) is 43.5 Å². The van der Waals surface area contributed by atoms with E-state index in [1.54, 1.807) is 24.3 Å². The molecule has 0 fully saturated rings. The number of ether oxygens (including phenoxy) is 3. The molecule has 0 saturated heterocycles. The van der Waals surface area contributed by atoms with Gasteiger partial charge in [0.05, 0.1) is 12.7 Å². The average molecular weight is 394 g/mol. The summed E-state index contributed by atoms with van der Waals surface area (Å²) >= 11 is 0. The third-order valence-electron chi connectivity index (χ3n) is 3.53. The fourth-order valence-corrected chi connectivity index (χ4v) is 2.14. The van der Waals surface area contributed by atoms with E-state index in [-0.39, 0.29) is 6.61 Å². The van der Waals surface area contributed by atoms with E-state index in [9.17, 15) is 14.4 Å². The van der Waals surface area contributed by atoms with E-state index in [4.69, 9.17) is 14.7 Å². The number of esters is 2. The first-order chi connectivity index (χ1) is 14.0. The Morgan fingerprint density at radius 1 is 1.07 bits per heavy atom. The number of nitriles is 1. The molecule has 8 nitrogen and oxygen atoms in total. The summed E-state index contributed by atoms with van der Waals surface area (Å²) in [4.78, 5) is 34.9. The predicted molar refractivity (Wildman–Crippen MR) is 104 cm³/mol. The highest BCUT2D eigenvalue weighted by molar-refractivity contribution is 5.95.